The zero-order chi connectivity index (χ0) is 20.5. The molecular weight excluding hydrogens is 380 g/mol. The van der Waals surface area contributed by atoms with Crippen molar-refractivity contribution in [3.05, 3.63) is 28.8 Å². The zero-order valence-electron chi connectivity index (χ0n) is 16.7. The molecule has 2 atom stereocenters. The first-order chi connectivity index (χ1) is 13.2. The lowest BCUT2D eigenvalue weighted by Crippen LogP contribution is -2.39. The third kappa shape index (κ3) is 4.61. The van der Waals surface area contributed by atoms with Crippen LogP contribution in [0.25, 0.3) is 0 Å². The number of amides is 1. The number of rotatable bonds is 4. The van der Waals surface area contributed by atoms with Gasteiger partial charge in [0, 0.05) is 36.3 Å². The molecule has 0 aromatic heterocycles. The van der Waals surface area contributed by atoms with Gasteiger partial charge in [0.15, 0.2) is 0 Å². The number of carbonyl (C=O) groups is 2. The molecule has 1 aromatic rings. The average Bonchev–Trinajstić information content (AvgIpc) is 3.00. The van der Waals surface area contributed by atoms with Crippen LogP contribution in [0.4, 0.5) is 5.69 Å². The number of hydrogen-bond donors (Lipinski definition) is 2. The summed E-state index contributed by atoms with van der Waals surface area (Å²) in [6, 6.07) is 5.69. The van der Waals surface area contributed by atoms with E-state index in [9.17, 15) is 14.7 Å². The van der Waals surface area contributed by atoms with Crippen molar-refractivity contribution in [1.29, 1.82) is 0 Å². The average molecular weight is 409 g/mol. The summed E-state index contributed by atoms with van der Waals surface area (Å²) in [4.78, 5) is 26.6. The van der Waals surface area contributed by atoms with Gasteiger partial charge in [-0.25, -0.2) is 0 Å². The highest BCUT2D eigenvalue weighted by Crippen LogP contribution is 2.38. The topological polar surface area (TPSA) is 78.9 Å². The molecule has 0 radical (unpaired) electrons. The maximum absolute atomic E-state index is 12.4. The van der Waals surface area contributed by atoms with Crippen molar-refractivity contribution >= 4 is 29.2 Å². The second-order valence-electron chi connectivity index (χ2n) is 8.64. The summed E-state index contributed by atoms with van der Waals surface area (Å²) in [5, 5.41) is 13.1. The van der Waals surface area contributed by atoms with Gasteiger partial charge in [-0.1, -0.05) is 17.7 Å². The Balaban J connectivity index is 1.75. The zero-order valence-corrected chi connectivity index (χ0v) is 17.5. The van der Waals surface area contributed by atoms with Crippen LogP contribution < -0.4 is 10.2 Å². The Hall–Kier alpha value is -1.79. The largest absolute Gasteiger partial charge is 0.460 e. The van der Waals surface area contributed by atoms with Gasteiger partial charge in [0.25, 0.3) is 0 Å². The first-order valence-electron chi connectivity index (χ1n) is 9.85. The number of esters is 1. The number of anilines is 1. The molecule has 6 nitrogen and oxygen atoms in total. The molecule has 3 rings (SSSR count). The first-order valence-corrected chi connectivity index (χ1v) is 10.2. The Kier molecular flexibility index (Phi) is 6.20. The van der Waals surface area contributed by atoms with E-state index < -0.39 is 11.5 Å². The highest BCUT2D eigenvalue weighted by atomic mass is 35.5. The summed E-state index contributed by atoms with van der Waals surface area (Å²) >= 11 is 6.26. The van der Waals surface area contributed by atoms with Crippen LogP contribution >= 0.6 is 11.6 Å². The van der Waals surface area contributed by atoms with E-state index in [4.69, 9.17) is 16.3 Å². The minimum Gasteiger partial charge on any atom is -0.460 e. The van der Waals surface area contributed by atoms with Crippen molar-refractivity contribution < 1.29 is 19.4 Å². The van der Waals surface area contributed by atoms with Crippen LogP contribution in [0.5, 0.6) is 0 Å². The predicted octanol–water partition coefficient (Wildman–Crippen LogP) is 2.72. The molecule has 1 amide bonds. The lowest BCUT2D eigenvalue weighted by atomic mass is 9.87. The van der Waals surface area contributed by atoms with E-state index >= 15 is 0 Å². The monoisotopic (exact) mass is 408 g/mol. The van der Waals surface area contributed by atoms with Crippen molar-refractivity contribution in [2.24, 2.45) is 11.8 Å². The van der Waals surface area contributed by atoms with Gasteiger partial charge in [-0.2, -0.15) is 0 Å². The van der Waals surface area contributed by atoms with E-state index in [1.807, 2.05) is 39.0 Å². The van der Waals surface area contributed by atoms with Gasteiger partial charge in [-0.15, -0.1) is 0 Å². The molecule has 2 heterocycles. The Bertz CT molecular complexity index is 738. The second kappa shape index (κ2) is 8.29. The van der Waals surface area contributed by atoms with Gasteiger partial charge in [0.1, 0.15) is 5.60 Å². The van der Waals surface area contributed by atoms with Crippen LogP contribution in [-0.4, -0.2) is 48.8 Å². The number of hydrogen-bond acceptors (Lipinski definition) is 5. The summed E-state index contributed by atoms with van der Waals surface area (Å²) in [6.45, 7) is 7.41. The van der Waals surface area contributed by atoms with Crippen molar-refractivity contribution in [2.45, 2.75) is 45.1 Å². The maximum atomic E-state index is 12.4. The van der Waals surface area contributed by atoms with Crippen molar-refractivity contribution in [3.8, 4) is 0 Å². The Labute approximate surface area is 171 Å². The standard InChI is InChI=1S/C21H29ClN2O4/c1-21(2,3)28-20(27)13-6-8-24(9-7-13)18-10-14(22)4-5-15(18)16-11-23-19(26)17(16)12-25/h4-5,10,13,16-17,25H,6-9,11-12H2,1-3H3,(H,23,26)/t16-,17-/m1/s1. The molecule has 2 aliphatic rings. The number of nitrogens with zero attached hydrogens (tertiary/aromatic N) is 1. The van der Waals surface area contributed by atoms with Gasteiger partial charge in [0.05, 0.1) is 18.4 Å². The number of aliphatic hydroxyl groups is 1. The third-order valence-electron chi connectivity index (χ3n) is 5.48. The molecule has 2 fully saturated rings. The summed E-state index contributed by atoms with van der Waals surface area (Å²) in [5.74, 6) is -0.882. The van der Waals surface area contributed by atoms with E-state index in [1.165, 1.54) is 0 Å². The highest BCUT2D eigenvalue weighted by Gasteiger charge is 2.37. The van der Waals surface area contributed by atoms with Crippen LogP contribution in [0.15, 0.2) is 18.2 Å². The highest BCUT2D eigenvalue weighted by molar-refractivity contribution is 6.30. The molecule has 28 heavy (non-hydrogen) atoms. The lowest BCUT2D eigenvalue weighted by molar-refractivity contribution is -0.160. The fourth-order valence-corrected chi connectivity index (χ4v) is 4.22. The number of carbonyl (C=O) groups excluding carboxylic acids is 2. The van der Waals surface area contributed by atoms with Gasteiger partial charge >= 0.3 is 5.97 Å². The minimum absolute atomic E-state index is 0.0895. The second-order valence-corrected chi connectivity index (χ2v) is 9.08. The molecule has 2 aliphatic heterocycles. The molecule has 0 bridgehead atoms. The van der Waals surface area contributed by atoms with Crippen LogP contribution in [0.3, 0.4) is 0 Å². The van der Waals surface area contributed by atoms with Gasteiger partial charge < -0.3 is 20.1 Å². The van der Waals surface area contributed by atoms with E-state index in [2.05, 4.69) is 10.2 Å². The van der Waals surface area contributed by atoms with Gasteiger partial charge in [0.2, 0.25) is 5.91 Å². The Morgan fingerprint density at radius 3 is 2.61 bits per heavy atom. The third-order valence-corrected chi connectivity index (χ3v) is 5.72. The number of halogens is 1. The van der Waals surface area contributed by atoms with Crippen molar-refractivity contribution in [2.75, 3.05) is 31.1 Å². The lowest BCUT2D eigenvalue weighted by Gasteiger charge is -2.36. The molecule has 7 heteroatoms. The normalized spacial score (nSPS) is 23.6. The number of aliphatic hydroxyl groups excluding tert-OH is 1. The number of piperidine rings is 1. The van der Waals surface area contributed by atoms with Gasteiger partial charge in [-0.05, 0) is 51.3 Å². The molecule has 2 N–H and O–H groups in total. The first kappa shape index (κ1) is 20.9. The predicted molar refractivity (Wildman–Crippen MR) is 109 cm³/mol. The molecule has 0 saturated carbocycles. The number of ether oxygens (including phenoxy) is 1. The van der Waals surface area contributed by atoms with E-state index in [-0.39, 0.29) is 30.3 Å². The minimum atomic E-state index is -0.477. The summed E-state index contributed by atoms with van der Waals surface area (Å²) in [7, 11) is 0. The Morgan fingerprint density at radius 2 is 2.00 bits per heavy atom. The van der Waals surface area contributed by atoms with Crippen LogP contribution in [0, 0.1) is 11.8 Å². The molecular formula is C21H29ClN2O4. The van der Waals surface area contributed by atoms with E-state index in [1.54, 1.807) is 0 Å². The summed E-state index contributed by atoms with van der Waals surface area (Å²) in [5.41, 5.74) is 1.52. The molecule has 0 aliphatic carbocycles. The quantitative estimate of drug-likeness (QED) is 0.749. The Morgan fingerprint density at radius 1 is 1.32 bits per heavy atom. The molecule has 1 aromatic carbocycles. The van der Waals surface area contributed by atoms with Crippen LogP contribution in [-0.2, 0) is 14.3 Å². The molecule has 154 valence electrons. The molecule has 0 spiro atoms. The number of benzene rings is 1. The summed E-state index contributed by atoms with van der Waals surface area (Å²) in [6.07, 6.45) is 1.43. The van der Waals surface area contributed by atoms with E-state index in [0.717, 1.165) is 24.3 Å². The smallest absolute Gasteiger partial charge is 0.309 e. The molecule has 2 saturated heterocycles. The fourth-order valence-electron chi connectivity index (χ4n) is 4.05. The van der Waals surface area contributed by atoms with Crippen LogP contribution in [0.2, 0.25) is 5.02 Å². The number of nitrogens with one attached hydrogen (secondary N) is 1. The van der Waals surface area contributed by atoms with Crippen LogP contribution in [0.1, 0.15) is 45.1 Å². The van der Waals surface area contributed by atoms with Crippen molar-refractivity contribution in [3.63, 3.8) is 0 Å². The van der Waals surface area contributed by atoms with E-state index in [0.29, 0.717) is 24.4 Å². The summed E-state index contributed by atoms with van der Waals surface area (Å²) < 4.78 is 5.53. The van der Waals surface area contributed by atoms with Gasteiger partial charge in [-0.3, -0.25) is 9.59 Å². The fraction of sp³-hybridized carbons (Fsp3) is 0.619. The molecule has 0 unspecified atom stereocenters. The SMILES string of the molecule is CC(C)(C)OC(=O)C1CCN(c2cc(Cl)ccc2[C@H]2CNC(=O)[C@@H]2CO)CC1. The maximum Gasteiger partial charge on any atom is 0.309 e. The van der Waals surface area contributed by atoms with Crippen molar-refractivity contribution in [1.82, 2.24) is 5.32 Å².